The zero-order valence-corrected chi connectivity index (χ0v) is 7.38. The summed E-state index contributed by atoms with van der Waals surface area (Å²) in [6.45, 7) is 5.34. The first-order valence-corrected chi connectivity index (χ1v) is 4.38. The molecule has 2 heteroatoms. The van der Waals surface area contributed by atoms with E-state index >= 15 is 0 Å². The lowest BCUT2D eigenvalue weighted by atomic mass is 10.2. The highest BCUT2D eigenvalue weighted by Gasteiger charge is 2.10. The van der Waals surface area contributed by atoms with Crippen LogP contribution in [0.5, 0.6) is 0 Å². The van der Waals surface area contributed by atoms with Gasteiger partial charge in [-0.05, 0) is 19.1 Å². The SMILES string of the molecule is Cc1ccc(N2CCNC2)cc1. The number of hydrogen-bond donors (Lipinski definition) is 1. The molecule has 1 aromatic carbocycles. The molecule has 0 spiro atoms. The zero-order valence-electron chi connectivity index (χ0n) is 7.38. The third kappa shape index (κ3) is 1.43. The molecule has 1 fully saturated rings. The van der Waals surface area contributed by atoms with Crippen molar-refractivity contribution in [3.05, 3.63) is 29.8 Å². The lowest BCUT2D eigenvalue weighted by molar-refractivity contribution is 0.855. The number of nitrogens with one attached hydrogen (secondary N) is 1. The molecule has 0 bridgehead atoms. The van der Waals surface area contributed by atoms with Crippen LogP contribution in [0.2, 0.25) is 0 Å². The number of rotatable bonds is 1. The van der Waals surface area contributed by atoms with Crippen molar-refractivity contribution in [2.24, 2.45) is 0 Å². The summed E-state index contributed by atoms with van der Waals surface area (Å²) in [4.78, 5) is 2.35. The minimum atomic E-state index is 0.989. The van der Waals surface area contributed by atoms with Crippen LogP contribution in [0.4, 0.5) is 5.69 Å². The van der Waals surface area contributed by atoms with Crippen LogP contribution in [0.15, 0.2) is 24.3 Å². The van der Waals surface area contributed by atoms with Crippen molar-refractivity contribution in [2.75, 3.05) is 24.7 Å². The predicted octanol–water partition coefficient (Wildman–Crippen LogP) is 1.36. The Morgan fingerprint density at radius 1 is 1.25 bits per heavy atom. The number of hydrogen-bond acceptors (Lipinski definition) is 2. The van der Waals surface area contributed by atoms with Crippen molar-refractivity contribution < 1.29 is 0 Å². The van der Waals surface area contributed by atoms with E-state index in [9.17, 15) is 0 Å². The Bertz CT molecular complexity index is 247. The van der Waals surface area contributed by atoms with E-state index in [-0.39, 0.29) is 0 Å². The van der Waals surface area contributed by atoms with E-state index in [0.717, 1.165) is 19.8 Å². The van der Waals surface area contributed by atoms with Crippen LogP contribution in [-0.2, 0) is 0 Å². The highest BCUT2D eigenvalue weighted by atomic mass is 15.3. The summed E-state index contributed by atoms with van der Waals surface area (Å²) in [5, 5.41) is 3.31. The molecule has 0 radical (unpaired) electrons. The maximum atomic E-state index is 3.31. The Hall–Kier alpha value is -1.02. The van der Waals surface area contributed by atoms with E-state index in [4.69, 9.17) is 0 Å². The fourth-order valence-corrected chi connectivity index (χ4v) is 1.48. The van der Waals surface area contributed by atoms with Gasteiger partial charge in [0.15, 0.2) is 0 Å². The monoisotopic (exact) mass is 162 g/mol. The zero-order chi connectivity index (χ0) is 8.39. The maximum absolute atomic E-state index is 3.31. The molecule has 1 heterocycles. The van der Waals surface area contributed by atoms with Crippen LogP contribution in [0, 0.1) is 6.92 Å². The average molecular weight is 162 g/mol. The highest BCUT2D eigenvalue weighted by molar-refractivity contribution is 5.47. The molecule has 2 rings (SSSR count). The third-order valence-electron chi connectivity index (χ3n) is 2.26. The molecule has 0 aliphatic carbocycles. The Balaban J connectivity index is 2.17. The van der Waals surface area contributed by atoms with Crippen molar-refractivity contribution in [3.63, 3.8) is 0 Å². The van der Waals surface area contributed by atoms with Gasteiger partial charge < -0.3 is 4.90 Å². The first kappa shape index (κ1) is 7.62. The second-order valence-corrected chi connectivity index (χ2v) is 3.26. The van der Waals surface area contributed by atoms with Crippen molar-refractivity contribution in [1.29, 1.82) is 0 Å². The lowest BCUT2D eigenvalue weighted by Gasteiger charge is -2.16. The van der Waals surface area contributed by atoms with Gasteiger partial charge in [0, 0.05) is 18.8 Å². The van der Waals surface area contributed by atoms with E-state index in [0.29, 0.717) is 0 Å². The molecule has 1 saturated heterocycles. The molecule has 0 unspecified atom stereocenters. The normalized spacial score (nSPS) is 16.9. The van der Waals surface area contributed by atoms with Gasteiger partial charge in [-0.3, -0.25) is 5.32 Å². The molecule has 0 saturated carbocycles. The summed E-state index contributed by atoms with van der Waals surface area (Å²) in [5.74, 6) is 0. The second-order valence-electron chi connectivity index (χ2n) is 3.26. The minimum absolute atomic E-state index is 0.989. The van der Waals surface area contributed by atoms with Gasteiger partial charge in [0.05, 0.1) is 6.67 Å². The van der Waals surface area contributed by atoms with Crippen molar-refractivity contribution in [3.8, 4) is 0 Å². The fraction of sp³-hybridized carbons (Fsp3) is 0.400. The summed E-state index contributed by atoms with van der Waals surface area (Å²) in [6.07, 6.45) is 0. The number of benzene rings is 1. The molecule has 12 heavy (non-hydrogen) atoms. The Morgan fingerprint density at radius 2 is 2.00 bits per heavy atom. The van der Waals surface area contributed by atoms with Gasteiger partial charge in [0.1, 0.15) is 0 Å². The number of nitrogens with zero attached hydrogens (tertiary/aromatic N) is 1. The van der Waals surface area contributed by atoms with E-state index in [2.05, 4.69) is 41.4 Å². The predicted molar refractivity (Wildman–Crippen MR) is 51.4 cm³/mol. The standard InChI is InChI=1S/C10H14N2/c1-9-2-4-10(5-3-9)12-7-6-11-8-12/h2-5,11H,6-8H2,1H3. The molecular formula is C10H14N2. The van der Waals surface area contributed by atoms with Gasteiger partial charge in [-0.1, -0.05) is 17.7 Å². The summed E-state index contributed by atoms with van der Waals surface area (Å²) < 4.78 is 0. The Morgan fingerprint density at radius 3 is 2.58 bits per heavy atom. The Labute approximate surface area is 73.2 Å². The van der Waals surface area contributed by atoms with Crippen molar-refractivity contribution in [2.45, 2.75) is 6.92 Å². The third-order valence-corrected chi connectivity index (χ3v) is 2.26. The molecule has 0 amide bonds. The summed E-state index contributed by atoms with van der Waals surface area (Å²) >= 11 is 0. The van der Waals surface area contributed by atoms with Crippen molar-refractivity contribution >= 4 is 5.69 Å². The molecule has 2 nitrogen and oxygen atoms in total. The second kappa shape index (κ2) is 3.15. The molecule has 1 aliphatic rings. The number of aryl methyl sites for hydroxylation is 1. The quantitative estimate of drug-likeness (QED) is 0.670. The number of anilines is 1. The van der Waals surface area contributed by atoms with Gasteiger partial charge >= 0.3 is 0 Å². The molecule has 64 valence electrons. The molecule has 1 N–H and O–H groups in total. The van der Waals surface area contributed by atoms with E-state index in [1.807, 2.05) is 0 Å². The molecule has 0 aromatic heterocycles. The summed E-state index contributed by atoms with van der Waals surface area (Å²) in [7, 11) is 0. The molecule has 1 aliphatic heterocycles. The molecular weight excluding hydrogens is 148 g/mol. The largest absolute Gasteiger partial charge is 0.357 e. The van der Waals surface area contributed by atoms with E-state index in [1.165, 1.54) is 11.3 Å². The van der Waals surface area contributed by atoms with Gasteiger partial charge in [0.25, 0.3) is 0 Å². The topological polar surface area (TPSA) is 15.3 Å². The van der Waals surface area contributed by atoms with Gasteiger partial charge in [-0.2, -0.15) is 0 Å². The smallest absolute Gasteiger partial charge is 0.0683 e. The Kier molecular flexibility index (Phi) is 2.00. The summed E-state index contributed by atoms with van der Waals surface area (Å²) in [5.41, 5.74) is 2.65. The van der Waals surface area contributed by atoms with Gasteiger partial charge in [-0.25, -0.2) is 0 Å². The lowest BCUT2D eigenvalue weighted by Crippen LogP contribution is -2.20. The van der Waals surface area contributed by atoms with Crippen LogP contribution < -0.4 is 10.2 Å². The van der Waals surface area contributed by atoms with Gasteiger partial charge in [-0.15, -0.1) is 0 Å². The van der Waals surface area contributed by atoms with E-state index < -0.39 is 0 Å². The van der Waals surface area contributed by atoms with Crippen LogP contribution in [-0.4, -0.2) is 19.8 Å². The van der Waals surface area contributed by atoms with Crippen molar-refractivity contribution in [1.82, 2.24) is 5.32 Å². The average Bonchev–Trinajstić information content (AvgIpc) is 2.58. The van der Waals surface area contributed by atoms with Crippen LogP contribution >= 0.6 is 0 Å². The fourth-order valence-electron chi connectivity index (χ4n) is 1.48. The van der Waals surface area contributed by atoms with Gasteiger partial charge in [0.2, 0.25) is 0 Å². The van der Waals surface area contributed by atoms with Crippen LogP contribution in [0.3, 0.4) is 0 Å². The highest BCUT2D eigenvalue weighted by Crippen LogP contribution is 2.15. The molecule has 1 aromatic rings. The maximum Gasteiger partial charge on any atom is 0.0683 e. The first-order chi connectivity index (χ1) is 5.86. The van der Waals surface area contributed by atoms with Crippen LogP contribution in [0.1, 0.15) is 5.56 Å². The minimum Gasteiger partial charge on any atom is -0.357 e. The summed E-state index contributed by atoms with van der Waals surface area (Å²) in [6, 6.07) is 8.69. The first-order valence-electron chi connectivity index (χ1n) is 4.38. The van der Waals surface area contributed by atoms with Crippen LogP contribution in [0.25, 0.3) is 0 Å². The molecule has 0 atom stereocenters. The van der Waals surface area contributed by atoms with E-state index in [1.54, 1.807) is 0 Å².